The molecule has 0 aliphatic heterocycles. The van der Waals surface area contributed by atoms with E-state index >= 15 is 0 Å². The van der Waals surface area contributed by atoms with Crippen LogP contribution in [0.3, 0.4) is 0 Å². The first-order valence-corrected chi connectivity index (χ1v) is 3.49. The lowest BCUT2D eigenvalue weighted by atomic mass is 10.2. The summed E-state index contributed by atoms with van der Waals surface area (Å²) in [5.74, 6) is -1.65. The summed E-state index contributed by atoms with van der Waals surface area (Å²) in [4.78, 5) is 10.3. The number of aromatic nitrogens is 2. The number of nitrogens with zero attached hydrogens (tertiary/aromatic N) is 2. The van der Waals surface area contributed by atoms with Crippen LogP contribution in [0.4, 0.5) is 13.2 Å². The summed E-state index contributed by atoms with van der Waals surface area (Å²) in [6.45, 7) is 0. The topological polar surface area (TPSA) is 55.1 Å². The smallest absolute Gasteiger partial charge is 0.436 e. The first kappa shape index (κ1) is 9.98. The molecule has 0 amide bonds. The van der Waals surface area contributed by atoms with Crippen molar-refractivity contribution in [1.29, 1.82) is 0 Å². The fraction of sp³-hybridized carbons (Fsp3) is 0.200. The Bertz CT molecular complexity index is 346. The largest absolute Gasteiger partial charge is 0.478 e. The summed E-state index contributed by atoms with van der Waals surface area (Å²) in [6, 6.07) is 0. The minimum absolute atomic E-state index is 0.728. The van der Waals surface area contributed by atoms with E-state index in [9.17, 15) is 18.0 Å². The predicted molar refractivity (Wildman–Crippen MR) is 39.3 cm³/mol. The van der Waals surface area contributed by atoms with Crippen LogP contribution >= 0.6 is 9.39 Å². The van der Waals surface area contributed by atoms with Crippen molar-refractivity contribution < 1.29 is 23.1 Å². The normalized spacial score (nSPS) is 11.7. The summed E-state index contributed by atoms with van der Waals surface area (Å²) < 4.78 is 36.9. The zero-order valence-corrected chi connectivity index (χ0v) is 7.19. The second-order valence-electron chi connectivity index (χ2n) is 2.17. The van der Waals surface area contributed by atoms with Crippen molar-refractivity contribution in [2.75, 3.05) is 0 Å². The van der Waals surface area contributed by atoms with Crippen molar-refractivity contribution in [3.63, 3.8) is 0 Å². The van der Waals surface area contributed by atoms with E-state index in [1.807, 2.05) is 9.39 Å². The van der Waals surface area contributed by atoms with E-state index in [4.69, 9.17) is 5.11 Å². The van der Waals surface area contributed by atoms with E-state index in [0.29, 0.717) is 0 Å². The number of alkyl halides is 3. The van der Waals surface area contributed by atoms with E-state index < -0.39 is 23.4 Å². The first-order chi connectivity index (χ1) is 5.82. The monoisotopic (exact) mass is 212 g/mol. The molecule has 0 fully saturated rings. The molecule has 1 aromatic heterocycles. The molecule has 0 aliphatic rings. The first-order valence-electron chi connectivity index (χ1n) is 2.97. The highest BCUT2D eigenvalue weighted by molar-refractivity contribution is 7.14. The number of halogens is 3. The average Bonchev–Trinajstić information content (AvgIpc) is 2.29. The van der Waals surface area contributed by atoms with E-state index in [2.05, 4.69) is 5.10 Å². The van der Waals surface area contributed by atoms with Crippen LogP contribution in [-0.4, -0.2) is 20.6 Å². The van der Waals surface area contributed by atoms with Gasteiger partial charge >= 0.3 is 12.1 Å². The third-order valence-electron chi connectivity index (χ3n) is 1.23. The Balaban J connectivity index is 3.28. The van der Waals surface area contributed by atoms with Gasteiger partial charge in [0.2, 0.25) is 0 Å². The SMILES string of the molecule is O=C(O)c1cn(P)nc1C(F)(F)F. The number of rotatable bonds is 1. The van der Waals surface area contributed by atoms with Crippen molar-refractivity contribution in [3.05, 3.63) is 17.5 Å². The Kier molecular flexibility index (Phi) is 2.30. The molecule has 1 rings (SSSR count). The van der Waals surface area contributed by atoms with Gasteiger partial charge in [-0.05, 0) is 9.39 Å². The number of carboxylic acid groups (broad SMARTS) is 1. The molecule has 4 nitrogen and oxygen atoms in total. The van der Waals surface area contributed by atoms with Gasteiger partial charge in [-0.25, -0.2) is 4.79 Å². The zero-order chi connectivity index (χ0) is 10.2. The van der Waals surface area contributed by atoms with Gasteiger partial charge in [-0.2, -0.15) is 18.3 Å². The Morgan fingerprint density at radius 2 is 2.15 bits per heavy atom. The summed E-state index contributed by atoms with van der Waals surface area (Å²) in [7, 11) is 1.83. The van der Waals surface area contributed by atoms with Gasteiger partial charge in [0, 0.05) is 6.20 Å². The van der Waals surface area contributed by atoms with E-state index in [1.54, 1.807) is 0 Å². The fourth-order valence-corrected chi connectivity index (χ4v) is 1.02. The molecule has 0 saturated heterocycles. The quantitative estimate of drug-likeness (QED) is 0.712. The van der Waals surface area contributed by atoms with E-state index in [0.717, 1.165) is 10.6 Å². The third-order valence-corrected chi connectivity index (χ3v) is 1.50. The van der Waals surface area contributed by atoms with Gasteiger partial charge in [0.1, 0.15) is 5.56 Å². The second-order valence-corrected chi connectivity index (χ2v) is 2.70. The molecule has 1 N–H and O–H groups in total. The van der Waals surface area contributed by atoms with Crippen LogP contribution in [0.25, 0.3) is 0 Å². The highest BCUT2D eigenvalue weighted by atomic mass is 31.0. The third kappa shape index (κ3) is 1.98. The fourth-order valence-electron chi connectivity index (χ4n) is 0.758. The van der Waals surface area contributed by atoms with Crippen LogP contribution in [0, 0.1) is 0 Å². The van der Waals surface area contributed by atoms with Gasteiger partial charge in [-0.3, -0.25) is 4.45 Å². The van der Waals surface area contributed by atoms with Crippen molar-refractivity contribution in [1.82, 2.24) is 9.55 Å². The predicted octanol–water partition coefficient (Wildman–Crippen LogP) is 1.24. The zero-order valence-electron chi connectivity index (χ0n) is 6.04. The number of hydrogen-bond acceptors (Lipinski definition) is 2. The van der Waals surface area contributed by atoms with Gasteiger partial charge in [0.15, 0.2) is 5.69 Å². The summed E-state index contributed by atoms with van der Waals surface area (Å²) in [5, 5.41) is 11.4. The molecule has 8 heteroatoms. The van der Waals surface area contributed by atoms with Crippen molar-refractivity contribution in [3.8, 4) is 0 Å². The second kappa shape index (κ2) is 2.99. The molecule has 0 spiro atoms. The molecule has 13 heavy (non-hydrogen) atoms. The van der Waals surface area contributed by atoms with Gasteiger partial charge < -0.3 is 5.11 Å². The van der Waals surface area contributed by atoms with Crippen LogP contribution in [0.2, 0.25) is 0 Å². The van der Waals surface area contributed by atoms with Gasteiger partial charge in [-0.1, -0.05) is 0 Å². The lowest BCUT2D eigenvalue weighted by Crippen LogP contribution is -2.11. The highest BCUT2D eigenvalue weighted by Crippen LogP contribution is 2.30. The van der Waals surface area contributed by atoms with E-state index in [1.165, 1.54) is 0 Å². The number of carboxylic acids is 1. The van der Waals surface area contributed by atoms with Crippen LogP contribution in [0.5, 0.6) is 0 Å². The lowest BCUT2D eigenvalue weighted by molar-refractivity contribution is -0.141. The molecule has 0 radical (unpaired) electrons. The van der Waals surface area contributed by atoms with Crippen LogP contribution in [0.1, 0.15) is 16.1 Å². The van der Waals surface area contributed by atoms with Crippen molar-refractivity contribution in [2.45, 2.75) is 6.18 Å². The highest BCUT2D eigenvalue weighted by Gasteiger charge is 2.38. The molecule has 1 aromatic rings. The Labute approximate surface area is 72.6 Å². The molecule has 0 saturated carbocycles. The number of hydrogen-bond donors (Lipinski definition) is 1. The molecular formula is C5H4F3N2O2P. The number of carbonyl (C=O) groups is 1. The Hall–Kier alpha value is -1.10. The Morgan fingerprint density at radius 3 is 2.46 bits per heavy atom. The van der Waals surface area contributed by atoms with Crippen LogP contribution in [0.15, 0.2) is 6.20 Å². The van der Waals surface area contributed by atoms with Crippen molar-refractivity contribution >= 4 is 15.4 Å². The molecule has 1 atom stereocenters. The lowest BCUT2D eigenvalue weighted by Gasteiger charge is -2.02. The minimum Gasteiger partial charge on any atom is -0.478 e. The standard InChI is InChI=1S/C5H4F3N2O2P/c6-5(7,8)3-2(4(11)12)1-10(13)9-3/h1H,13H2,(H,11,12). The molecule has 1 unspecified atom stereocenters. The van der Waals surface area contributed by atoms with Crippen LogP contribution < -0.4 is 0 Å². The molecular weight excluding hydrogens is 208 g/mol. The molecule has 0 aliphatic carbocycles. The summed E-state index contributed by atoms with van der Waals surface area (Å²) in [6.07, 6.45) is -3.97. The van der Waals surface area contributed by atoms with E-state index in [-0.39, 0.29) is 0 Å². The van der Waals surface area contributed by atoms with Gasteiger partial charge in [-0.15, -0.1) is 0 Å². The molecule has 72 valence electrons. The molecule has 0 aromatic carbocycles. The van der Waals surface area contributed by atoms with Gasteiger partial charge in [0.25, 0.3) is 0 Å². The minimum atomic E-state index is -4.74. The van der Waals surface area contributed by atoms with Gasteiger partial charge in [0.05, 0.1) is 0 Å². The average molecular weight is 212 g/mol. The maximum Gasteiger partial charge on any atom is 0.436 e. The van der Waals surface area contributed by atoms with Crippen molar-refractivity contribution in [2.24, 2.45) is 0 Å². The molecule has 1 heterocycles. The summed E-state index contributed by atoms with van der Waals surface area (Å²) >= 11 is 0. The maximum atomic E-state index is 12.1. The Morgan fingerprint density at radius 1 is 1.62 bits per heavy atom. The maximum absolute atomic E-state index is 12.1. The van der Waals surface area contributed by atoms with Crippen LogP contribution in [-0.2, 0) is 6.18 Å². The molecule has 0 bridgehead atoms. The summed E-state index contributed by atoms with van der Waals surface area (Å²) in [5.41, 5.74) is -2.25. The number of aromatic carboxylic acids is 1.